The van der Waals surface area contributed by atoms with Gasteiger partial charge in [0.25, 0.3) is 10.0 Å². The molecule has 0 spiro atoms. The van der Waals surface area contributed by atoms with Gasteiger partial charge in [0.1, 0.15) is 17.5 Å². The zero-order chi connectivity index (χ0) is 16.6. The van der Waals surface area contributed by atoms with Gasteiger partial charge in [-0.25, -0.2) is 12.4 Å². The van der Waals surface area contributed by atoms with Crippen molar-refractivity contribution in [1.29, 1.82) is 5.26 Å². The molecule has 1 aromatic heterocycles. The number of hydrogen-bond donors (Lipinski definition) is 0. The first-order valence-corrected chi connectivity index (χ1v) is 8.34. The maximum atomic E-state index is 12.9. The molecule has 116 valence electrons. The number of aromatic nitrogens is 1. The second-order valence-corrected chi connectivity index (χ2v) is 6.84. The summed E-state index contributed by atoms with van der Waals surface area (Å²) >= 11 is 0. The van der Waals surface area contributed by atoms with Crippen LogP contribution in [0.15, 0.2) is 53.4 Å². The van der Waals surface area contributed by atoms with Crippen LogP contribution in [0.3, 0.4) is 0 Å². The molecule has 3 rings (SSSR count). The van der Waals surface area contributed by atoms with Crippen molar-refractivity contribution in [3.63, 3.8) is 0 Å². The van der Waals surface area contributed by atoms with Crippen molar-refractivity contribution in [3.05, 3.63) is 59.8 Å². The lowest BCUT2D eigenvalue weighted by molar-refractivity contribution is 0.412. The van der Waals surface area contributed by atoms with Crippen molar-refractivity contribution < 1.29 is 13.2 Å². The Balaban J connectivity index is 2.39. The van der Waals surface area contributed by atoms with Crippen molar-refractivity contribution in [2.45, 2.75) is 11.8 Å². The van der Waals surface area contributed by atoms with Crippen molar-refractivity contribution in [2.75, 3.05) is 7.11 Å². The summed E-state index contributed by atoms with van der Waals surface area (Å²) in [5.41, 5.74) is 1.33. The highest BCUT2D eigenvalue weighted by Crippen LogP contribution is 2.32. The number of aryl methyl sites for hydroxylation is 1. The molecule has 0 N–H and O–H groups in total. The summed E-state index contributed by atoms with van der Waals surface area (Å²) in [5, 5.41) is 10.1. The lowest BCUT2D eigenvalue weighted by atomic mass is 10.1. The fraction of sp³-hybridized carbons (Fsp3) is 0.118. The number of rotatable bonds is 3. The minimum absolute atomic E-state index is 0.0696. The third kappa shape index (κ3) is 2.26. The summed E-state index contributed by atoms with van der Waals surface area (Å²) in [6.07, 6.45) is 0. The Kier molecular flexibility index (Phi) is 3.58. The molecule has 0 fully saturated rings. The Morgan fingerprint density at radius 2 is 1.83 bits per heavy atom. The van der Waals surface area contributed by atoms with E-state index < -0.39 is 10.0 Å². The molecule has 3 aromatic rings. The minimum Gasteiger partial charge on any atom is -0.496 e. The Morgan fingerprint density at radius 3 is 2.43 bits per heavy atom. The van der Waals surface area contributed by atoms with Crippen LogP contribution in [0, 0.1) is 18.3 Å². The minimum atomic E-state index is -3.85. The summed E-state index contributed by atoms with van der Waals surface area (Å²) < 4.78 is 32.2. The lowest BCUT2D eigenvalue weighted by Gasteiger charge is -2.10. The molecule has 23 heavy (non-hydrogen) atoms. The Labute approximate surface area is 134 Å². The van der Waals surface area contributed by atoms with Crippen LogP contribution >= 0.6 is 0 Å². The molecule has 6 heteroatoms. The van der Waals surface area contributed by atoms with E-state index in [4.69, 9.17) is 4.74 Å². The maximum Gasteiger partial charge on any atom is 0.269 e. The predicted octanol–water partition coefficient (Wildman–Crippen LogP) is 3.07. The van der Waals surface area contributed by atoms with Gasteiger partial charge in [-0.05, 0) is 37.3 Å². The van der Waals surface area contributed by atoms with E-state index in [1.807, 2.05) is 13.0 Å². The number of benzene rings is 2. The van der Waals surface area contributed by atoms with Crippen LogP contribution < -0.4 is 4.74 Å². The average Bonchev–Trinajstić information content (AvgIpc) is 2.96. The van der Waals surface area contributed by atoms with Crippen molar-refractivity contribution in [3.8, 4) is 11.8 Å². The van der Waals surface area contributed by atoms with Crippen LogP contribution in [0.2, 0.25) is 0 Å². The van der Waals surface area contributed by atoms with E-state index in [0.29, 0.717) is 16.7 Å². The SMILES string of the molecule is COc1ccc2c(cc(C#N)n2S(=O)(=O)c2ccccc2)c1C. The van der Waals surface area contributed by atoms with Gasteiger partial charge < -0.3 is 4.74 Å². The predicted molar refractivity (Wildman–Crippen MR) is 87.0 cm³/mol. The first-order valence-electron chi connectivity index (χ1n) is 6.90. The summed E-state index contributed by atoms with van der Waals surface area (Å²) in [7, 11) is -2.30. The summed E-state index contributed by atoms with van der Waals surface area (Å²) in [4.78, 5) is 0.141. The van der Waals surface area contributed by atoms with Gasteiger partial charge >= 0.3 is 0 Å². The smallest absolute Gasteiger partial charge is 0.269 e. The first kappa shape index (κ1) is 15.1. The topological polar surface area (TPSA) is 72.1 Å². The van der Waals surface area contributed by atoms with Gasteiger partial charge in [0.05, 0.1) is 17.5 Å². The Hall–Kier alpha value is -2.78. The molecule has 0 unspecified atom stereocenters. The maximum absolute atomic E-state index is 12.9. The lowest BCUT2D eigenvalue weighted by Crippen LogP contribution is -2.14. The highest BCUT2D eigenvalue weighted by molar-refractivity contribution is 7.90. The molecular formula is C17H14N2O3S. The molecule has 0 saturated carbocycles. The van der Waals surface area contributed by atoms with E-state index in [9.17, 15) is 13.7 Å². The van der Waals surface area contributed by atoms with Gasteiger partial charge in [-0.3, -0.25) is 0 Å². The van der Waals surface area contributed by atoms with Crippen molar-refractivity contribution in [1.82, 2.24) is 3.97 Å². The summed E-state index contributed by atoms with van der Waals surface area (Å²) in [6.45, 7) is 1.84. The van der Waals surface area contributed by atoms with Crippen LogP contribution in [0.1, 0.15) is 11.3 Å². The molecular weight excluding hydrogens is 312 g/mol. The molecule has 0 amide bonds. The Morgan fingerprint density at radius 1 is 1.13 bits per heavy atom. The zero-order valence-electron chi connectivity index (χ0n) is 12.6. The second kappa shape index (κ2) is 5.45. The molecule has 2 aromatic carbocycles. The van der Waals surface area contributed by atoms with E-state index >= 15 is 0 Å². The molecule has 0 aliphatic carbocycles. The van der Waals surface area contributed by atoms with E-state index in [0.717, 1.165) is 9.54 Å². The number of fused-ring (bicyclic) bond motifs is 1. The van der Waals surface area contributed by atoms with E-state index in [-0.39, 0.29) is 10.6 Å². The fourth-order valence-electron chi connectivity index (χ4n) is 2.63. The first-order chi connectivity index (χ1) is 11.0. The van der Waals surface area contributed by atoms with Crippen LogP contribution in [0.4, 0.5) is 0 Å². The van der Waals surface area contributed by atoms with Gasteiger partial charge in [0.15, 0.2) is 0 Å². The number of nitrogens with zero attached hydrogens (tertiary/aromatic N) is 2. The Bertz CT molecular complexity index is 1030. The van der Waals surface area contributed by atoms with Crippen LogP contribution in [0.25, 0.3) is 10.9 Å². The number of ether oxygens (including phenoxy) is 1. The number of nitriles is 1. The van der Waals surface area contributed by atoms with E-state index in [2.05, 4.69) is 0 Å². The van der Waals surface area contributed by atoms with Gasteiger partial charge in [-0.15, -0.1) is 0 Å². The average molecular weight is 326 g/mol. The van der Waals surface area contributed by atoms with Crippen LogP contribution in [-0.2, 0) is 10.0 Å². The van der Waals surface area contributed by atoms with Gasteiger partial charge in [0, 0.05) is 10.9 Å². The van der Waals surface area contributed by atoms with Crippen molar-refractivity contribution in [2.24, 2.45) is 0 Å². The number of methoxy groups -OCH3 is 1. The second-order valence-electron chi connectivity index (χ2n) is 5.05. The molecule has 0 saturated heterocycles. The zero-order valence-corrected chi connectivity index (χ0v) is 13.5. The molecule has 5 nitrogen and oxygen atoms in total. The van der Waals surface area contributed by atoms with E-state index in [1.54, 1.807) is 43.5 Å². The molecule has 0 aliphatic rings. The quantitative estimate of drug-likeness (QED) is 0.741. The van der Waals surface area contributed by atoms with E-state index in [1.165, 1.54) is 12.1 Å². The molecule has 0 aliphatic heterocycles. The fourth-order valence-corrected chi connectivity index (χ4v) is 4.12. The van der Waals surface area contributed by atoms with Crippen molar-refractivity contribution >= 4 is 20.9 Å². The molecule has 0 atom stereocenters. The normalized spacial score (nSPS) is 11.3. The summed E-state index contributed by atoms with van der Waals surface area (Å²) in [6, 6.07) is 15.0. The number of hydrogen-bond acceptors (Lipinski definition) is 4. The third-order valence-corrected chi connectivity index (χ3v) is 5.52. The monoisotopic (exact) mass is 326 g/mol. The summed E-state index contributed by atoms with van der Waals surface area (Å²) in [5.74, 6) is 0.649. The largest absolute Gasteiger partial charge is 0.496 e. The van der Waals surface area contributed by atoms with Crippen LogP contribution in [0.5, 0.6) is 5.75 Å². The molecule has 0 radical (unpaired) electrons. The molecule has 0 bridgehead atoms. The van der Waals surface area contributed by atoms with Gasteiger partial charge in [-0.2, -0.15) is 5.26 Å². The van der Waals surface area contributed by atoms with Gasteiger partial charge in [-0.1, -0.05) is 18.2 Å². The van der Waals surface area contributed by atoms with Gasteiger partial charge in [0.2, 0.25) is 0 Å². The highest BCUT2D eigenvalue weighted by Gasteiger charge is 2.24. The highest BCUT2D eigenvalue weighted by atomic mass is 32.2. The molecule has 1 heterocycles. The van der Waals surface area contributed by atoms with Crippen LogP contribution in [-0.4, -0.2) is 19.5 Å². The third-order valence-electron chi connectivity index (χ3n) is 3.78. The standard InChI is InChI=1S/C17H14N2O3S/c1-12-15-10-13(11-18)19(16(15)8-9-17(12)22-2)23(20,21)14-6-4-3-5-7-14/h3-10H,1-2H3.